The van der Waals surface area contributed by atoms with Crippen LogP contribution in [0.5, 0.6) is 0 Å². The third-order valence-corrected chi connectivity index (χ3v) is 4.29. The van der Waals surface area contributed by atoms with E-state index in [-0.39, 0.29) is 0 Å². The van der Waals surface area contributed by atoms with Crippen LogP contribution in [0, 0.1) is 0 Å². The average molecular weight is 439 g/mol. The third kappa shape index (κ3) is 9.14. The van der Waals surface area contributed by atoms with Gasteiger partial charge in [0.05, 0.1) is 0 Å². The minimum atomic E-state index is -1.68. The maximum absolute atomic E-state index is 9.36. The molecule has 0 amide bonds. The van der Waals surface area contributed by atoms with E-state index < -0.39 is 26.3 Å². The van der Waals surface area contributed by atoms with Gasteiger partial charge in [-0.25, -0.2) is 0 Å². The van der Waals surface area contributed by atoms with E-state index in [9.17, 15) is 5.11 Å². The van der Waals surface area contributed by atoms with Crippen molar-refractivity contribution in [1.82, 2.24) is 20.9 Å². The van der Waals surface area contributed by atoms with Crippen molar-refractivity contribution in [3.8, 4) is 0 Å². The van der Waals surface area contributed by atoms with Gasteiger partial charge in [0, 0.05) is 0 Å². The van der Waals surface area contributed by atoms with Gasteiger partial charge in [-0.1, -0.05) is 90.4 Å². The average Bonchev–Trinajstić information content (AvgIpc) is 2.39. The van der Waals surface area contributed by atoms with Gasteiger partial charge in [0.1, 0.15) is 12.3 Å². The van der Waals surface area contributed by atoms with E-state index in [1.54, 1.807) is 0 Å². The van der Waals surface area contributed by atoms with Gasteiger partial charge >= 0.3 is 0 Å². The maximum Gasteiger partial charge on any atom is 0.218 e. The molecule has 2 unspecified atom stereocenters. The van der Waals surface area contributed by atoms with Crippen LogP contribution in [0.4, 0.5) is 0 Å². The Morgan fingerprint density at radius 2 is 1.09 bits per heavy atom. The molecule has 0 saturated carbocycles. The second-order valence-corrected chi connectivity index (χ2v) is 9.21. The van der Waals surface area contributed by atoms with Crippen molar-refractivity contribution in [2.24, 2.45) is 0 Å². The van der Waals surface area contributed by atoms with E-state index in [4.69, 9.17) is 69.6 Å². The Kier molecular flexibility index (Phi) is 11.2. The molecule has 0 aromatic heterocycles. The summed E-state index contributed by atoms with van der Waals surface area (Å²) in [4.78, 5) is 2.38. The highest BCUT2D eigenvalue weighted by atomic mass is 35.6. The fourth-order valence-corrected chi connectivity index (χ4v) is 2.43. The highest BCUT2D eigenvalue weighted by Crippen LogP contribution is 2.34. The van der Waals surface area contributed by atoms with Gasteiger partial charge in [-0.05, 0) is 19.6 Å². The Morgan fingerprint density at radius 1 is 0.773 bits per heavy atom. The number of hydrogen-bond donors (Lipinski definition) is 4. The first kappa shape index (κ1) is 23.5. The lowest BCUT2D eigenvalue weighted by atomic mass is 10.4. The van der Waals surface area contributed by atoms with Gasteiger partial charge in [0.2, 0.25) is 7.59 Å². The predicted octanol–water partition coefficient (Wildman–Crippen LogP) is 2.79. The van der Waals surface area contributed by atoms with Crippen LogP contribution in [-0.2, 0) is 0 Å². The predicted molar refractivity (Wildman–Crippen MR) is 97.0 cm³/mol. The van der Waals surface area contributed by atoms with Crippen molar-refractivity contribution in [3.05, 3.63) is 0 Å². The molecule has 0 bridgehead atoms. The number of aliphatic hydroxyl groups is 1. The summed E-state index contributed by atoms with van der Waals surface area (Å²) in [6.07, 6.45) is -2.84. The van der Waals surface area contributed by atoms with Crippen LogP contribution in [0.25, 0.3) is 0 Å². The number of rotatable bonds is 3. The number of hydrogen-bond acceptors (Lipinski definition) is 5. The summed E-state index contributed by atoms with van der Waals surface area (Å²) in [6, 6.07) is 0. The van der Waals surface area contributed by atoms with E-state index in [0.717, 1.165) is 0 Å². The fourth-order valence-electron chi connectivity index (χ4n) is 1.68. The van der Waals surface area contributed by atoms with Crippen molar-refractivity contribution in [2.75, 3.05) is 19.6 Å². The molecule has 4 N–H and O–H groups in total. The summed E-state index contributed by atoms with van der Waals surface area (Å²) in [5.41, 5.74) is 0. The molecule has 0 aromatic carbocycles. The molecule has 11 heteroatoms. The topological polar surface area (TPSA) is 59.6 Å². The van der Waals surface area contributed by atoms with E-state index in [2.05, 4.69) is 41.6 Å². The molecular weight excluding hydrogens is 417 g/mol. The summed E-state index contributed by atoms with van der Waals surface area (Å²) in [5, 5.41) is 17.1. The molecule has 1 heterocycles. The van der Waals surface area contributed by atoms with E-state index in [1.807, 2.05) is 0 Å². The maximum atomic E-state index is 9.36. The number of nitrogens with one attached hydrogen (secondary N) is 3. The SMILES string of the molecule is CCN(CC)CC.OC1NC(C(Cl)(Cl)Cl)NC(C(Cl)(Cl)Cl)N1. The summed E-state index contributed by atoms with van der Waals surface area (Å²) < 4.78 is -3.37. The Hall–Kier alpha value is 1.54. The van der Waals surface area contributed by atoms with Crippen LogP contribution in [0.1, 0.15) is 20.8 Å². The van der Waals surface area contributed by atoms with Crippen LogP contribution in [0.3, 0.4) is 0 Å². The highest BCUT2D eigenvalue weighted by Gasteiger charge is 2.44. The van der Waals surface area contributed by atoms with Crippen molar-refractivity contribution in [3.63, 3.8) is 0 Å². The molecule has 1 saturated heterocycles. The molecule has 1 aliphatic rings. The summed E-state index contributed by atoms with van der Waals surface area (Å²) in [5.74, 6) is 0. The lowest BCUT2D eigenvalue weighted by Crippen LogP contribution is -2.73. The van der Waals surface area contributed by atoms with Gasteiger partial charge in [-0.2, -0.15) is 0 Å². The molecule has 1 rings (SSSR count). The lowest BCUT2D eigenvalue weighted by molar-refractivity contribution is 0.0295. The van der Waals surface area contributed by atoms with Crippen molar-refractivity contribution in [2.45, 2.75) is 47.0 Å². The molecule has 0 aliphatic carbocycles. The number of aliphatic hydroxyl groups excluding tert-OH is 1. The summed E-state index contributed by atoms with van der Waals surface area (Å²) in [7, 11) is 0. The van der Waals surface area contributed by atoms with Crippen LogP contribution in [0.15, 0.2) is 0 Å². The molecule has 0 aromatic rings. The van der Waals surface area contributed by atoms with Gasteiger partial charge in [0.15, 0.2) is 6.35 Å². The van der Waals surface area contributed by atoms with Crippen LogP contribution < -0.4 is 16.0 Å². The van der Waals surface area contributed by atoms with Crippen LogP contribution >= 0.6 is 69.6 Å². The Morgan fingerprint density at radius 3 is 1.27 bits per heavy atom. The Labute approximate surface area is 161 Å². The Bertz CT molecular complexity index is 280. The quantitative estimate of drug-likeness (QED) is 0.510. The highest BCUT2D eigenvalue weighted by molar-refractivity contribution is 6.68. The zero-order chi connectivity index (χ0) is 17.6. The van der Waals surface area contributed by atoms with E-state index in [1.165, 1.54) is 19.6 Å². The minimum absolute atomic E-state index is 0.848. The molecule has 5 nitrogen and oxygen atoms in total. The van der Waals surface area contributed by atoms with Gasteiger partial charge < -0.3 is 10.0 Å². The summed E-state index contributed by atoms with van der Waals surface area (Å²) >= 11 is 33.8. The molecule has 1 aliphatic heterocycles. The third-order valence-electron chi connectivity index (χ3n) is 2.98. The molecular formula is C11H22Cl6N4O. The zero-order valence-corrected chi connectivity index (χ0v) is 17.1. The van der Waals surface area contributed by atoms with Crippen molar-refractivity contribution < 1.29 is 5.11 Å². The van der Waals surface area contributed by atoms with Gasteiger partial charge in [0.25, 0.3) is 0 Å². The van der Waals surface area contributed by atoms with Crippen LogP contribution in [0.2, 0.25) is 0 Å². The van der Waals surface area contributed by atoms with Crippen molar-refractivity contribution in [1.29, 1.82) is 0 Å². The second kappa shape index (κ2) is 10.5. The normalized spacial score (nSPS) is 26.6. The molecule has 134 valence electrons. The van der Waals surface area contributed by atoms with E-state index >= 15 is 0 Å². The number of nitrogens with zero attached hydrogens (tertiary/aromatic N) is 1. The number of alkyl halides is 6. The second-order valence-electron chi connectivity index (χ2n) is 4.47. The lowest BCUT2D eigenvalue weighted by Gasteiger charge is -2.41. The first-order chi connectivity index (χ1) is 9.95. The van der Waals surface area contributed by atoms with Crippen LogP contribution in [-0.4, -0.2) is 55.9 Å². The molecule has 22 heavy (non-hydrogen) atoms. The first-order valence-corrected chi connectivity index (χ1v) is 9.04. The standard InChI is InChI=1S/C6H15N.C5H7Cl6N3O/c1-4-7(5-2)6-3;6-4(7,8)1-12-2(5(9,10)11)14-3(15)13-1/h4-6H2,1-3H3;1-3,12-15H. The monoisotopic (exact) mass is 436 g/mol. The van der Waals surface area contributed by atoms with Gasteiger partial charge in [-0.3, -0.25) is 16.0 Å². The molecule has 2 atom stereocenters. The molecule has 0 spiro atoms. The van der Waals surface area contributed by atoms with E-state index in [0.29, 0.717) is 0 Å². The number of halogens is 6. The minimum Gasteiger partial charge on any atom is -0.365 e. The Balaban J connectivity index is 0.000000534. The summed E-state index contributed by atoms with van der Waals surface area (Å²) in [6.45, 7) is 10.1. The largest absolute Gasteiger partial charge is 0.365 e. The first-order valence-electron chi connectivity index (χ1n) is 6.77. The fraction of sp³-hybridized carbons (Fsp3) is 1.00. The van der Waals surface area contributed by atoms with Gasteiger partial charge in [-0.15, -0.1) is 0 Å². The zero-order valence-electron chi connectivity index (χ0n) is 12.5. The van der Waals surface area contributed by atoms with Crippen molar-refractivity contribution >= 4 is 69.6 Å². The smallest absolute Gasteiger partial charge is 0.218 e. The molecule has 0 radical (unpaired) electrons. The molecule has 1 fully saturated rings.